The maximum absolute atomic E-state index is 13.9. The predicted molar refractivity (Wildman–Crippen MR) is 135 cm³/mol. The molecule has 0 unspecified atom stereocenters. The first-order valence-electron chi connectivity index (χ1n) is 11.7. The van der Waals surface area contributed by atoms with Crippen LogP contribution >= 0.6 is 0 Å². The van der Waals surface area contributed by atoms with Gasteiger partial charge in [-0.15, -0.1) is 0 Å². The van der Waals surface area contributed by atoms with Gasteiger partial charge in [0, 0.05) is 32.2 Å². The van der Waals surface area contributed by atoms with Gasteiger partial charge in [-0.05, 0) is 36.8 Å². The van der Waals surface area contributed by atoms with E-state index in [9.17, 15) is 18.4 Å². The average Bonchev–Trinajstić information content (AvgIpc) is 2.89. The quantitative estimate of drug-likeness (QED) is 0.462. The number of urea groups is 1. The number of hydrogen-bond donors (Lipinski definition) is 1. The zero-order chi connectivity index (χ0) is 25.2. The zero-order valence-corrected chi connectivity index (χ0v) is 19.7. The van der Waals surface area contributed by atoms with Gasteiger partial charge in [-0.1, -0.05) is 42.0 Å². The van der Waals surface area contributed by atoms with Crippen LogP contribution in [0.3, 0.4) is 0 Å². The minimum absolute atomic E-state index is 0.200. The van der Waals surface area contributed by atoms with Crippen molar-refractivity contribution >= 4 is 28.6 Å². The molecule has 0 spiro atoms. The van der Waals surface area contributed by atoms with Crippen molar-refractivity contribution in [2.45, 2.75) is 13.5 Å². The molecule has 1 aromatic heterocycles. The summed E-state index contributed by atoms with van der Waals surface area (Å²) >= 11 is 0. The first-order chi connectivity index (χ1) is 17.4. The fraction of sp³-hybridized carbons (Fsp3) is 0.222. The molecule has 0 atom stereocenters. The maximum atomic E-state index is 13.9. The molecule has 4 aromatic rings. The number of aromatic nitrogens is 2. The largest absolute Gasteiger partial charge is 0.348 e. The molecule has 1 aliphatic rings. The van der Waals surface area contributed by atoms with E-state index in [1.165, 1.54) is 4.90 Å². The van der Waals surface area contributed by atoms with E-state index in [1.807, 2.05) is 60.4 Å². The van der Waals surface area contributed by atoms with Crippen molar-refractivity contribution in [3.63, 3.8) is 0 Å². The van der Waals surface area contributed by atoms with E-state index >= 15 is 0 Å². The number of aryl methyl sites for hydroxylation is 1. The number of hydrogen-bond acceptors (Lipinski definition) is 4. The van der Waals surface area contributed by atoms with Gasteiger partial charge in [-0.2, -0.15) is 0 Å². The lowest BCUT2D eigenvalue weighted by atomic mass is 10.1. The molecule has 0 aliphatic carbocycles. The van der Waals surface area contributed by atoms with Crippen LogP contribution < -0.4 is 15.8 Å². The van der Waals surface area contributed by atoms with E-state index in [2.05, 4.69) is 10.3 Å². The molecule has 1 saturated heterocycles. The number of para-hydroxylation sites is 2. The summed E-state index contributed by atoms with van der Waals surface area (Å²) in [7, 11) is 0. The molecular weight excluding hydrogens is 464 g/mol. The van der Waals surface area contributed by atoms with Crippen molar-refractivity contribution in [1.82, 2.24) is 14.5 Å². The van der Waals surface area contributed by atoms with Gasteiger partial charge in [0.05, 0.1) is 23.3 Å². The van der Waals surface area contributed by atoms with E-state index in [0.29, 0.717) is 44.1 Å². The molecule has 36 heavy (non-hydrogen) atoms. The fourth-order valence-corrected chi connectivity index (χ4v) is 4.33. The lowest BCUT2D eigenvalue weighted by Crippen LogP contribution is -2.51. The van der Waals surface area contributed by atoms with Crippen LogP contribution in [0.15, 0.2) is 71.5 Å². The second kappa shape index (κ2) is 9.77. The van der Waals surface area contributed by atoms with E-state index < -0.39 is 17.7 Å². The van der Waals surface area contributed by atoms with Gasteiger partial charge in [0.1, 0.15) is 11.6 Å². The number of nitrogens with one attached hydrogen (secondary N) is 1. The topological polar surface area (TPSA) is 70.5 Å². The maximum Gasteiger partial charge on any atom is 0.322 e. The van der Waals surface area contributed by atoms with Gasteiger partial charge < -0.3 is 15.1 Å². The van der Waals surface area contributed by atoms with Crippen molar-refractivity contribution in [2.75, 3.05) is 36.4 Å². The first kappa shape index (κ1) is 23.5. The molecular formula is C27H25F2N5O2. The van der Waals surface area contributed by atoms with E-state index in [-0.39, 0.29) is 11.2 Å². The Balaban J connectivity index is 1.36. The Kier molecular flexibility index (Phi) is 6.37. The minimum Gasteiger partial charge on any atom is -0.348 e. The molecule has 0 bridgehead atoms. The Labute approximate surface area is 206 Å². The Morgan fingerprint density at radius 2 is 1.69 bits per heavy atom. The average molecular weight is 490 g/mol. The van der Waals surface area contributed by atoms with Crippen LogP contribution in [-0.2, 0) is 6.54 Å². The van der Waals surface area contributed by atoms with Gasteiger partial charge in [0.15, 0.2) is 5.82 Å². The first-order valence-corrected chi connectivity index (χ1v) is 11.7. The van der Waals surface area contributed by atoms with Crippen molar-refractivity contribution in [1.29, 1.82) is 0 Å². The van der Waals surface area contributed by atoms with Crippen molar-refractivity contribution in [2.24, 2.45) is 0 Å². The van der Waals surface area contributed by atoms with Gasteiger partial charge in [-0.25, -0.2) is 18.6 Å². The van der Waals surface area contributed by atoms with Crippen LogP contribution in [0.5, 0.6) is 0 Å². The summed E-state index contributed by atoms with van der Waals surface area (Å²) in [5.41, 5.74) is 3.21. The molecule has 0 radical (unpaired) electrons. The van der Waals surface area contributed by atoms with Crippen LogP contribution in [0, 0.1) is 18.6 Å². The summed E-state index contributed by atoms with van der Waals surface area (Å²) in [6.07, 6.45) is 0. The molecule has 9 heteroatoms. The molecule has 1 aliphatic heterocycles. The highest BCUT2D eigenvalue weighted by atomic mass is 19.1. The van der Waals surface area contributed by atoms with Crippen molar-refractivity contribution in [3.05, 3.63) is 99.8 Å². The van der Waals surface area contributed by atoms with Crippen LogP contribution in [0.2, 0.25) is 0 Å². The number of benzene rings is 3. The predicted octanol–water partition coefficient (Wildman–Crippen LogP) is 4.39. The van der Waals surface area contributed by atoms with Crippen LogP contribution in [0.1, 0.15) is 11.1 Å². The van der Waals surface area contributed by atoms with Gasteiger partial charge in [0.2, 0.25) is 0 Å². The van der Waals surface area contributed by atoms with Gasteiger partial charge in [0.25, 0.3) is 5.56 Å². The van der Waals surface area contributed by atoms with Crippen LogP contribution in [0.4, 0.5) is 25.1 Å². The number of nitrogens with zero attached hydrogens (tertiary/aromatic N) is 4. The van der Waals surface area contributed by atoms with Gasteiger partial charge >= 0.3 is 6.03 Å². The number of carbonyl (C=O) groups is 1. The monoisotopic (exact) mass is 489 g/mol. The summed E-state index contributed by atoms with van der Waals surface area (Å²) in [5, 5.41) is 2.42. The SMILES string of the molecule is Cc1ccc(Cn2c(=O)c(N3CCN(C(=O)Nc4cc(F)ccc4F)CC3)nc3ccccc32)cc1. The highest BCUT2D eigenvalue weighted by Crippen LogP contribution is 2.19. The van der Waals surface area contributed by atoms with E-state index in [0.717, 1.165) is 34.8 Å². The summed E-state index contributed by atoms with van der Waals surface area (Å²) in [4.78, 5) is 34.2. The fourth-order valence-electron chi connectivity index (χ4n) is 4.33. The summed E-state index contributed by atoms with van der Waals surface area (Å²) in [5.74, 6) is -1.02. The lowest BCUT2D eigenvalue weighted by molar-refractivity contribution is 0.208. The van der Waals surface area contributed by atoms with Crippen LogP contribution in [0.25, 0.3) is 11.0 Å². The standard InChI is InChI=1S/C27H25F2N5O2/c1-18-6-8-19(9-7-18)17-34-24-5-3-2-4-22(24)30-25(26(34)35)32-12-14-33(15-13-32)27(36)31-23-16-20(28)10-11-21(23)29/h2-11,16H,12-15,17H2,1H3,(H,31,36). The number of fused-ring (bicyclic) bond motifs is 1. The van der Waals surface area contributed by atoms with Crippen molar-refractivity contribution < 1.29 is 13.6 Å². The third-order valence-electron chi connectivity index (χ3n) is 6.33. The molecule has 0 saturated carbocycles. The Bertz CT molecular complexity index is 1480. The second-order valence-corrected chi connectivity index (χ2v) is 8.83. The van der Waals surface area contributed by atoms with Gasteiger partial charge in [-0.3, -0.25) is 9.36 Å². The molecule has 2 heterocycles. The zero-order valence-electron chi connectivity index (χ0n) is 19.7. The Morgan fingerprint density at radius 3 is 2.44 bits per heavy atom. The smallest absolute Gasteiger partial charge is 0.322 e. The molecule has 1 N–H and O–H groups in total. The van der Waals surface area contributed by atoms with Crippen molar-refractivity contribution in [3.8, 4) is 0 Å². The molecule has 7 nitrogen and oxygen atoms in total. The normalized spacial score (nSPS) is 13.8. The molecule has 1 fully saturated rings. The van der Waals surface area contributed by atoms with E-state index in [4.69, 9.17) is 0 Å². The molecule has 2 amide bonds. The summed E-state index contributed by atoms with van der Waals surface area (Å²) < 4.78 is 29.1. The molecule has 184 valence electrons. The second-order valence-electron chi connectivity index (χ2n) is 8.83. The number of rotatable bonds is 4. The molecule has 3 aromatic carbocycles. The number of carbonyl (C=O) groups excluding carboxylic acids is 1. The number of anilines is 2. The van der Waals surface area contributed by atoms with Crippen LogP contribution in [-0.4, -0.2) is 46.7 Å². The molecule has 5 rings (SSSR count). The van der Waals surface area contributed by atoms with E-state index in [1.54, 1.807) is 4.57 Å². The number of amides is 2. The number of piperazine rings is 1. The Hall–Kier alpha value is -4.27. The number of halogens is 2. The lowest BCUT2D eigenvalue weighted by Gasteiger charge is -2.35. The highest BCUT2D eigenvalue weighted by molar-refractivity contribution is 5.89. The highest BCUT2D eigenvalue weighted by Gasteiger charge is 2.25. The summed E-state index contributed by atoms with van der Waals surface area (Å²) in [6, 6.07) is 18.0. The third kappa shape index (κ3) is 4.77. The summed E-state index contributed by atoms with van der Waals surface area (Å²) in [6.45, 7) is 3.79. The minimum atomic E-state index is -0.710. The third-order valence-corrected chi connectivity index (χ3v) is 6.33. The Morgan fingerprint density at radius 1 is 0.972 bits per heavy atom.